The number of rotatable bonds is 7. The fourth-order valence-corrected chi connectivity index (χ4v) is 4.72. The second-order valence-electron chi connectivity index (χ2n) is 5.77. The lowest BCUT2D eigenvalue weighted by Crippen LogP contribution is -2.16. The van der Waals surface area contributed by atoms with Gasteiger partial charge in [-0.1, -0.05) is 35.0 Å². The molecule has 0 amide bonds. The van der Waals surface area contributed by atoms with Crippen molar-refractivity contribution in [1.29, 1.82) is 0 Å². The Morgan fingerprint density at radius 1 is 1.12 bits per heavy atom. The highest BCUT2D eigenvalue weighted by molar-refractivity contribution is 9.10. The van der Waals surface area contributed by atoms with Gasteiger partial charge in [-0.15, -0.1) is 0 Å². The van der Waals surface area contributed by atoms with Crippen LogP contribution in [0.2, 0.25) is 0 Å². The Morgan fingerprint density at radius 2 is 1.71 bits per heavy atom. The second kappa shape index (κ2) is 8.30. The van der Waals surface area contributed by atoms with E-state index in [1.165, 1.54) is 0 Å². The van der Waals surface area contributed by atoms with E-state index in [-0.39, 0.29) is 0 Å². The number of nitrogens with zero attached hydrogens (tertiary/aromatic N) is 1. The summed E-state index contributed by atoms with van der Waals surface area (Å²) in [7, 11) is 0.442. The van der Waals surface area contributed by atoms with Gasteiger partial charge in [0.2, 0.25) is 0 Å². The van der Waals surface area contributed by atoms with Gasteiger partial charge in [-0.3, -0.25) is 4.57 Å². The lowest BCUT2D eigenvalue weighted by Gasteiger charge is -2.25. The molecule has 0 aromatic heterocycles. The van der Waals surface area contributed by atoms with Gasteiger partial charge in [0.15, 0.2) is 5.85 Å². The molecule has 6 heteroatoms. The Kier molecular flexibility index (Phi) is 6.64. The van der Waals surface area contributed by atoms with Gasteiger partial charge in [-0.25, -0.2) is 0 Å². The minimum atomic E-state index is -3.44. The van der Waals surface area contributed by atoms with Gasteiger partial charge in [-0.2, -0.15) is 0 Å². The van der Waals surface area contributed by atoms with Crippen LogP contribution >= 0.6 is 23.3 Å². The molecule has 0 aliphatic heterocycles. The van der Waals surface area contributed by atoms with Crippen LogP contribution < -0.4 is 10.2 Å². The van der Waals surface area contributed by atoms with Crippen LogP contribution in [0, 0.1) is 0 Å². The second-order valence-corrected chi connectivity index (χ2v) is 9.14. The van der Waals surface area contributed by atoms with Crippen LogP contribution in [0.25, 0.3) is 0 Å². The van der Waals surface area contributed by atoms with Crippen molar-refractivity contribution in [2.24, 2.45) is 0 Å². The van der Waals surface area contributed by atoms with Gasteiger partial charge in [-0.05, 0) is 48.4 Å². The number of benzene rings is 2. The van der Waals surface area contributed by atoms with Crippen molar-refractivity contribution in [1.82, 2.24) is 0 Å². The Bertz CT molecular complexity index is 701. The summed E-state index contributed by atoms with van der Waals surface area (Å²) < 4.78 is 20.1. The van der Waals surface area contributed by atoms with E-state index < -0.39 is 13.2 Å². The van der Waals surface area contributed by atoms with E-state index in [0.29, 0.717) is 17.5 Å². The van der Waals surface area contributed by atoms with Crippen LogP contribution in [0.5, 0.6) is 0 Å². The molecule has 0 heterocycles. The highest BCUT2D eigenvalue weighted by atomic mass is 79.9. The molecule has 0 saturated heterocycles. The molecule has 130 valence electrons. The topological polar surface area (TPSA) is 49.8 Å². The van der Waals surface area contributed by atoms with Crippen LogP contribution in [-0.2, 0) is 9.09 Å². The van der Waals surface area contributed by atoms with E-state index in [9.17, 15) is 9.67 Å². The zero-order chi connectivity index (χ0) is 17.7. The summed E-state index contributed by atoms with van der Waals surface area (Å²) >= 11 is 3.37. The fourth-order valence-electron chi connectivity index (χ4n) is 2.30. The number of aliphatic hydroxyl groups is 1. The summed E-state index contributed by atoms with van der Waals surface area (Å²) in [6.45, 7) is 2.28. The average molecular weight is 412 g/mol. The lowest BCUT2D eigenvalue weighted by atomic mass is 10.2. The number of halogens is 1. The van der Waals surface area contributed by atoms with Crippen molar-refractivity contribution in [3.8, 4) is 0 Å². The molecule has 0 spiro atoms. The molecule has 0 radical (unpaired) electrons. The maximum atomic E-state index is 13.5. The fraction of sp³-hybridized carbons (Fsp3) is 0.333. The zero-order valence-electron chi connectivity index (χ0n) is 14.1. The minimum absolute atomic E-state index is 0.334. The predicted molar refractivity (Wildman–Crippen MR) is 103 cm³/mol. The van der Waals surface area contributed by atoms with Crippen LogP contribution in [0.1, 0.15) is 24.8 Å². The quantitative estimate of drug-likeness (QED) is 0.679. The van der Waals surface area contributed by atoms with Gasteiger partial charge in [0.1, 0.15) is 0 Å². The third-order valence-corrected chi connectivity index (χ3v) is 6.76. The molecular formula is C18H23BrNO3P. The molecule has 1 N–H and O–H groups in total. The summed E-state index contributed by atoms with van der Waals surface area (Å²) in [5.74, 6) is -1.19. The maximum Gasteiger partial charge on any atom is 0.264 e. The number of aliphatic hydroxyl groups excluding tert-OH is 1. The number of hydrogen-bond acceptors (Lipinski definition) is 4. The van der Waals surface area contributed by atoms with Gasteiger partial charge in [0, 0.05) is 29.6 Å². The molecule has 0 aliphatic rings. The van der Waals surface area contributed by atoms with Gasteiger partial charge >= 0.3 is 0 Å². The third-order valence-electron chi connectivity index (χ3n) is 3.70. The van der Waals surface area contributed by atoms with Crippen LogP contribution in [0.3, 0.4) is 0 Å². The Hall–Kier alpha value is -1.13. The standard InChI is InChI=1S/C18H23BrNO3P/c1-4-13-23-24(22,17-11-9-16(10-12-17)20(2)3)18(21)14-5-7-15(19)8-6-14/h5-12,18,21H,4,13H2,1-3H3/t18-,24+/m1/s1. The summed E-state index contributed by atoms with van der Waals surface area (Å²) in [5, 5.41) is 11.3. The van der Waals surface area contributed by atoms with Crippen LogP contribution in [0.15, 0.2) is 53.0 Å². The molecule has 0 fully saturated rings. The maximum absolute atomic E-state index is 13.5. The monoisotopic (exact) mass is 411 g/mol. The summed E-state index contributed by atoms with van der Waals surface area (Å²) in [6, 6.07) is 14.4. The van der Waals surface area contributed by atoms with Crippen LogP contribution in [-0.4, -0.2) is 25.8 Å². The number of hydrogen-bond donors (Lipinski definition) is 1. The van der Waals surface area contributed by atoms with Crippen molar-refractivity contribution < 1.29 is 14.2 Å². The first-order valence-corrected chi connectivity index (χ1v) is 10.3. The molecule has 2 aromatic rings. The first-order valence-electron chi connectivity index (χ1n) is 7.84. The third kappa shape index (κ3) is 4.28. The van der Waals surface area contributed by atoms with E-state index in [1.807, 2.05) is 50.2 Å². The molecule has 2 rings (SSSR count). The molecule has 2 aromatic carbocycles. The Balaban J connectivity index is 2.41. The average Bonchev–Trinajstić information content (AvgIpc) is 2.59. The Labute approximate surface area is 152 Å². The lowest BCUT2D eigenvalue weighted by molar-refractivity contribution is 0.214. The Morgan fingerprint density at radius 3 is 2.21 bits per heavy atom. The normalized spacial score (nSPS) is 14.9. The first kappa shape index (κ1) is 19.2. The first-order chi connectivity index (χ1) is 11.4. The van der Waals surface area contributed by atoms with Crippen LogP contribution in [0.4, 0.5) is 5.69 Å². The summed E-state index contributed by atoms with van der Waals surface area (Å²) in [6.07, 6.45) is 0.729. The summed E-state index contributed by atoms with van der Waals surface area (Å²) in [5.41, 5.74) is 1.58. The molecule has 0 bridgehead atoms. The largest absolute Gasteiger partial charge is 0.378 e. The molecular weight excluding hydrogens is 389 g/mol. The van der Waals surface area contributed by atoms with Crippen molar-refractivity contribution in [2.75, 3.05) is 25.6 Å². The molecule has 4 nitrogen and oxygen atoms in total. The van der Waals surface area contributed by atoms with Gasteiger partial charge in [0.05, 0.1) is 6.61 Å². The smallest absolute Gasteiger partial charge is 0.264 e. The predicted octanol–water partition coefficient (Wildman–Crippen LogP) is 4.54. The van der Waals surface area contributed by atoms with Crippen molar-refractivity contribution in [3.63, 3.8) is 0 Å². The van der Waals surface area contributed by atoms with Crippen molar-refractivity contribution in [2.45, 2.75) is 19.2 Å². The highest BCUT2D eigenvalue weighted by Crippen LogP contribution is 2.57. The molecule has 24 heavy (non-hydrogen) atoms. The zero-order valence-corrected chi connectivity index (χ0v) is 16.6. The van der Waals surface area contributed by atoms with E-state index in [0.717, 1.165) is 16.6 Å². The SMILES string of the molecule is CCCO[P@@](=O)(c1ccc(N(C)C)cc1)[C@@H](O)c1ccc(Br)cc1. The number of anilines is 1. The molecule has 2 atom stereocenters. The highest BCUT2D eigenvalue weighted by Gasteiger charge is 2.36. The molecule has 0 unspecified atom stereocenters. The van der Waals surface area contributed by atoms with E-state index in [2.05, 4.69) is 15.9 Å². The van der Waals surface area contributed by atoms with E-state index in [4.69, 9.17) is 4.52 Å². The molecule has 0 aliphatic carbocycles. The van der Waals surface area contributed by atoms with Crippen molar-refractivity contribution in [3.05, 3.63) is 58.6 Å². The summed E-state index contributed by atoms with van der Waals surface area (Å²) in [4.78, 5) is 1.97. The van der Waals surface area contributed by atoms with E-state index in [1.54, 1.807) is 24.3 Å². The van der Waals surface area contributed by atoms with Crippen molar-refractivity contribution >= 4 is 34.3 Å². The van der Waals surface area contributed by atoms with Gasteiger partial charge < -0.3 is 14.5 Å². The minimum Gasteiger partial charge on any atom is -0.378 e. The molecule has 0 saturated carbocycles. The van der Waals surface area contributed by atoms with Gasteiger partial charge in [0.25, 0.3) is 7.37 Å². The van der Waals surface area contributed by atoms with E-state index >= 15 is 0 Å².